The van der Waals surface area contributed by atoms with Crippen molar-refractivity contribution in [3.8, 4) is 22.8 Å². The van der Waals surface area contributed by atoms with Gasteiger partial charge in [-0.3, -0.25) is 4.79 Å². The third kappa shape index (κ3) is 5.99. The fourth-order valence-corrected chi connectivity index (χ4v) is 5.89. The minimum absolute atomic E-state index is 0.129. The largest absolute Gasteiger partial charge is 0.471 e. The van der Waals surface area contributed by atoms with E-state index in [1.54, 1.807) is 0 Å². The molecule has 2 atom stereocenters. The zero-order chi connectivity index (χ0) is 32.9. The average Bonchev–Trinajstić information content (AvgIpc) is 3.65. The number of hydrogen-bond acceptors (Lipinski definition) is 11. The molecule has 2 aromatic heterocycles. The van der Waals surface area contributed by atoms with Gasteiger partial charge in [-0.15, -0.1) is 10.2 Å². The van der Waals surface area contributed by atoms with Crippen LogP contribution in [0.3, 0.4) is 0 Å². The van der Waals surface area contributed by atoms with E-state index in [1.165, 1.54) is 24.3 Å². The van der Waals surface area contributed by atoms with E-state index in [1.807, 2.05) is 0 Å². The summed E-state index contributed by atoms with van der Waals surface area (Å²) in [5.74, 6) is -10.2. The first kappa shape index (κ1) is 32.0. The highest BCUT2D eigenvalue weighted by molar-refractivity contribution is 7.91. The van der Waals surface area contributed by atoms with Crippen LogP contribution in [0.5, 0.6) is 0 Å². The highest BCUT2D eigenvalue weighted by Gasteiger charge is 2.63. The van der Waals surface area contributed by atoms with E-state index < -0.39 is 70.0 Å². The van der Waals surface area contributed by atoms with Crippen molar-refractivity contribution in [1.29, 1.82) is 0 Å². The van der Waals surface area contributed by atoms with Gasteiger partial charge >= 0.3 is 24.1 Å². The molecule has 0 radical (unpaired) electrons. The van der Waals surface area contributed by atoms with Crippen molar-refractivity contribution < 1.29 is 57.6 Å². The van der Waals surface area contributed by atoms with Crippen LogP contribution in [-0.4, -0.2) is 59.2 Å². The second kappa shape index (κ2) is 11.2. The van der Waals surface area contributed by atoms with E-state index >= 15 is 0 Å². The van der Waals surface area contributed by atoms with Crippen molar-refractivity contribution in [2.75, 3.05) is 17.3 Å². The molecule has 4 aromatic rings. The van der Waals surface area contributed by atoms with E-state index in [-0.39, 0.29) is 34.1 Å². The Morgan fingerprint density at radius 1 is 1.00 bits per heavy atom. The van der Waals surface area contributed by atoms with Gasteiger partial charge in [-0.05, 0) is 30.7 Å². The van der Waals surface area contributed by atoms with E-state index in [2.05, 4.69) is 29.6 Å². The Bertz CT molecular complexity index is 1840. The first-order valence-electron chi connectivity index (χ1n) is 12.6. The molecule has 0 bridgehead atoms. The molecule has 0 aliphatic carbocycles. The molecule has 2 N–H and O–H groups in total. The van der Waals surface area contributed by atoms with E-state index in [0.29, 0.717) is 5.56 Å². The van der Waals surface area contributed by atoms with Crippen molar-refractivity contribution in [2.24, 2.45) is 5.73 Å². The summed E-state index contributed by atoms with van der Waals surface area (Å²) in [6, 6.07) is 7.17. The quantitative estimate of drug-likeness (QED) is 0.282. The topological polar surface area (TPSA) is 168 Å². The van der Waals surface area contributed by atoms with Gasteiger partial charge in [-0.25, -0.2) is 8.42 Å². The Hall–Kier alpha value is -4.43. The lowest BCUT2D eigenvalue weighted by Gasteiger charge is -2.24. The molecule has 0 spiro atoms. The molecular formula is C25H19F7N6O6S. The van der Waals surface area contributed by atoms with Crippen molar-refractivity contribution in [1.82, 2.24) is 20.3 Å². The van der Waals surface area contributed by atoms with E-state index in [0.717, 1.165) is 30.0 Å². The van der Waals surface area contributed by atoms with Crippen molar-refractivity contribution in [3.05, 3.63) is 59.8 Å². The summed E-state index contributed by atoms with van der Waals surface area (Å²) in [7, 11) is -4.18. The number of carbonyl (C=O) groups is 1. The number of alkyl halides is 7. The van der Waals surface area contributed by atoms with Gasteiger partial charge in [0, 0.05) is 17.7 Å². The number of rotatable bonds is 7. The Morgan fingerprint density at radius 2 is 1.67 bits per heavy atom. The monoisotopic (exact) mass is 664 g/mol. The van der Waals surface area contributed by atoms with Crippen LogP contribution >= 0.6 is 0 Å². The summed E-state index contributed by atoms with van der Waals surface area (Å²) in [5.41, 5.74) is 5.94. The summed E-state index contributed by atoms with van der Waals surface area (Å²) >= 11 is 0. The van der Waals surface area contributed by atoms with Crippen LogP contribution in [-0.2, 0) is 37.9 Å². The molecular weight excluding hydrogens is 645 g/mol. The number of nitrogens with two attached hydrogens (primary N) is 1. The van der Waals surface area contributed by atoms with Crippen LogP contribution in [0, 0.1) is 0 Å². The molecule has 0 saturated carbocycles. The number of ether oxygens (including phenoxy) is 1. The first-order chi connectivity index (χ1) is 20.9. The predicted octanol–water partition coefficient (Wildman–Crippen LogP) is 4.17. The molecule has 3 heterocycles. The fraction of sp³-hybridized carbons (Fsp3) is 0.320. The Balaban J connectivity index is 1.52. The van der Waals surface area contributed by atoms with Gasteiger partial charge in [0.1, 0.15) is 0 Å². The number of halogens is 7. The summed E-state index contributed by atoms with van der Waals surface area (Å²) in [4.78, 5) is 17.2. The summed E-state index contributed by atoms with van der Waals surface area (Å²) in [6.45, 7) is 0.0926. The number of fused-ring (bicyclic) bond motifs is 1. The number of nitrogens with zero attached hydrogens (tertiary/aromatic N) is 5. The Kier molecular flexibility index (Phi) is 7.94. The van der Waals surface area contributed by atoms with Gasteiger partial charge in [0.2, 0.25) is 17.6 Å². The van der Waals surface area contributed by atoms with Crippen LogP contribution in [0.4, 0.5) is 36.4 Å². The zero-order valence-corrected chi connectivity index (χ0v) is 23.4. The molecule has 1 amide bonds. The van der Waals surface area contributed by atoms with Crippen LogP contribution in [0.25, 0.3) is 22.8 Å². The molecule has 0 fully saturated rings. The van der Waals surface area contributed by atoms with Crippen LogP contribution in [0.1, 0.15) is 24.3 Å². The molecule has 12 nitrogen and oxygen atoms in total. The number of aromatic nitrogens is 4. The number of hydrogen-bond donors (Lipinski definition) is 1. The maximum absolute atomic E-state index is 14.8. The number of carbonyl (C=O) groups excluding carboxylic acids is 1. The third-order valence-electron chi connectivity index (χ3n) is 6.44. The highest BCUT2D eigenvalue weighted by atomic mass is 32.2. The van der Waals surface area contributed by atoms with E-state index in [9.17, 15) is 43.9 Å². The van der Waals surface area contributed by atoms with Gasteiger partial charge in [0.15, 0.2) is 9.84 Å². The molecule has 1 unspecified atom stereocenters. The van der Waals surface area contributed by atoms with Crippen molar-refractivity contribution in [2.45, 2.75) is 42.6 Å². The SMILES string of the molecule is CCOC(F)(c1nnc(-c2ccc3c(c2)N(Cc2ccc(-c4noc(C(F)(F)F)n4)cc2)C(=O)[C@@H](N)CS3(=O)=O)o1)C(F)(F)F. The number of amides is 1. The Labute approximate surface area is 247 Å². The summed E-state index contributed by atoms with van der Waals surface area (Å²) in [6.07, 6.45) is -10.4. The standard InChI is InChI=1S/C25H19F7N6O6S/c1-2-42-23(26,25(30,31)32)21-36-35-19(43-21)14-7-8-17-16(9-14)38(20(39)15(33)11-45(17,40)41)10-12-3-5-13(6-4-12)18-34-22(44-37-18)24(27,28)29/h3-9,15H,2,10-11,33H2,1H3/t15-,23?/m0/s1. The number of sulfone groups is 1. The maximum Gasteiger partial charge on any atom is 0.471 e. The van der Waals surface area contributed by atoms with Crippen molar-refractivity contribution in [3.63, 3.8) is 0 Å². The molecule has 5 rings (SSSR count). The highest BCUT2D eigenvalue weighted by Crippen LogP contribution is 2.44. The predicted molar refractivity (Wildman–Crippen MR) is 136 cm³/mol. The van der Waals surface area contributed by atoms with Gasteiger partial charge in [0.25, 0.3) is 5.89 Å². The fourth-order valence-electron chi connectivity index (χ4n) is 4.33. The smallest absolute Gasteiger partial charge is 0.415 e. The van der Waals surface area contributed by atoms with Crippen molar-refractivity contribution >= 4 is 21.4 Å². The van der Waals surface area contributed by atoms with Crippen LogP contribution < -0.4 is 10.6 Å². The van der Waals surface area contributed by atoms with Crippen LogP contribution in [0.15, 0.2) is 56.3 Å². The lowest BCUT2D eigenvalue weighted by molar-refractivity contribution is -0.348. The summed E-state index contributed by atoms with van der Waals surface area (Å²) < 4.78 is 133. The minimum Gasteiger partial charge on any atom is -0.415 e. The minimum atomic E-state index is -5.59. The van der Waals surface area contributed by atoms with E-state index in [4.69, 9.17) is 10.2 Å². The first-order valence-corrected chi connectivity index (χ1v) is 14.3. The summed E-state index contributed by atoms with van der Waals surface area (Å²) in [5, 5.41) is 9.88. The average molecular weight is 665 g/mol. The Morgan fingerprint density at radius 3 is 2.27 bits per heavy atom. The molecule has 0 saturated heterocycles. The molecule has 1 aliphatic rings. The second-order valence-electron chi connectivity index (χ2n) is 9.55. The molecule has 2 aromatic carbocycles. The molecule has 240 valence electrons. The lowest BCUT2D eigenvalue weighted by Crippen LogP contribution is -2.45. The zero-order valence-electron chi connectivity index (χ0n) is 22.6. The van der Waals surface area contributed by atoms with Crippen LogP contribution in [0.2, 0.25) is 0 Å². The molecule has 1 aliphatic heterocycles. The molecule has 45 heavy (non-hydrogen) atoms. The maximum atomic E-state index is 14.8. The van der Waals surface area contributed by atoms with Gasteiger partial charge in [0.05, 0.1) is 28.9 Å². The van der Waals surface area contributed by atoms with Gasteiger partial charge in [-0.1, -0.05) is 29.4 Å². The number of anilines is 1. The van der Waals surface area contributed by atoms with Gasteiger partial charge in [-0.2, -0.15) is 35.7 Å². The van der Waals surface area contributed by atoms with Gasteiger partial charge < -0.3 is 24.3 Å². The second-order valence-corrected chi connectivity index (χ2v) is 11.6. The lowest BCUT2D eigenvalue weighted by atomic mass is 10.1. The normalized spacial score (nSPS) is 18.4. The number of benzene rings is 2. The molecule has 20 heteroatoms. The third-order valence-corrected chi connectivity index (χ3v) is 8.26.